The van der Waals surface area contributed by atoms with E-state index in [1.54, 1.807) is 30.3 Å². The van der Waals surface area contributed by atoms with Gasteiger partial charge < -0.3 is 14.2 Å². The van der Waals surface area contributed by atoms with Crippen molar-refractivity contribution in [3.63, 3.8) is 0 Å². The third-order valence-electron chi connectivity index (χ3n) is 2.95. The number of carbonyl (C=O) groups excluding carboxylic acids is 2. The van der Waals surface area contributed by atoms with Gasteiger partial charge in [-0.05, 0) is 31.2 Å². The zero-order valence-electron chi connectivity index (χ0n) is 12.4. The summed E-state index contributed by atoms with van der Waals surface area (Å²) < 4.78 is 15.6. The molecule has 0 unspecified atom stereocenters. The smallest absolute Gasteiger partial charge is 0.349 e. The SMILES string of the molecule is COc1cccc(C=O)c1OC(=O)COc1ccc(C)cc1. The molecule has 0 heterocycles. The van der Waals surface area contributed by atoms with Crippen LogP contribution in [0.4, 0.5) is 0 Å². The van der Waals surface area contributed by atoms with Crippen LogP contribution in [-0.2, 0) is 4.79 Å². The van der Waals surface area contributed by atoms with Crippen LogP contribution in [0.1, 0.15) is 15.9 Å². The average Bonchev–Trinajstić information content (AvgIpc) is 2.54. The van der Waals surface area contributed by atoms with Crippen molar-refractivity contribution in [2.75, 3.05) is 13.7 Å². The van der Waals surface area contributed by atoms with Gasteiger partial charge in [0.25, 0.3) is 0 Å². The second-order valence-corrected chi connectivity index (χ2v) is 4.57. The molecule has 22 heavy (non-hydrogen) atoms. The summed E-state index contributed by atoms with van der Waals surface area (Å²) in [6, 6.07) is 12.1. The molecule has 0 saturated heterocycles. The first-order valence-electron chi connectivity index (χ1n) is 6.66. The minimum absolute atomic E-state index is 0.0949. The van der Waals surface area contributed by atoms with Gasteiger partial charge in [-0.25, -0.2) is 4.79 Å². The molecule has 0 radical (unpaired) electrons. The van der Waals surface area contributed by atoms with E-state index in [2.05, 4.69) is 0 Å². The van der Waals surface area contributed by atoms with Crippen molar-refractivity contribution >= 4 is 12.3 Å². The van der Waals surface area contributed by atoms with Crippen molar-refractivity contribution < 1.29 is 23.8 Å². The van der Waals surface area contributed by atoms with Crippen LogP contribution in [-0.4, -0.2) is 26.0 Å². The van der Waals surface area contributed by atoms with Crippen molar-refractivity contribution in [2.24, 2.45) is 0 Å². The Hall–Kier alpha value is -2.82. The largest absolute Gasteiger partial charge is 0.493 e. The van der Waals surface area contributed by atoms with Crippen LogP contribution in [0.3, 0.4) is 0 Å². The van der Waals surface area contributed by atoms with Gasteiger partial charge in [0.15, 0.2) is 24.4 Å². The maximum absolute atomic E-state index is 11.9. The fraction of sp³-hybridized carbons (Fsp3) is 0.176. The predicted octanol–water partition coefficient (Wildman–Crippen LogP) is 2.80. The number of rotatable bonds is 6. The fourth-order valence-corrected chi connectivity index (χ4v) is 1.82. The Balaban J connectivity index is 2.03. The molecule has 0 bridgehead atoms. The van der Waals surface area contributed by atoms with Gasteiger partial charge >= 0.3 is 5.97 Å². The third-order valence-corrected chi connectivity index (χ3v) is 2.95. The summed E-state index contributed by atoms with van der Waals surface area (Å²) in [5.74, 6) is 0.358. The normalized spacial score (nSPS) is 9.91. The molecule has 0 N–H and O–H groups in total. The van der Waals surface area contributed by atoms with Gasteiger partial charge in [0, 0.05) is 0 Å². The summed E-state index contributed by atoms with van der Waals surface area (Å²) in [5.41, 5.74) is 1.34. The minimum Gasteiger partial charge on any atom is -0.493 e. The Morgan fingerprint density at radius 1 is 1.14 bits per heavy atom. The molecule has 0 fully saturated rings. The molecule has 2 aromatic rings. The number of aldehydes is 1. The minimum atomic E-state index is -0.617. The summed E-state index contributed by atoms with van der Waals surface area (Å²) in [6.45, 7) is 1.69. The second kappa shape index (κ2) is 7.26. The van der Waals surface area contributed by atoms with E-state index in [4.69, 9.17) is 14.2 Å². The molecule has 0 aliphatic carbocycles. The van der Waals surface area contributed by atoms with Crippen LogP contribution < -0.4 is 14.2 Å². The zero-order valence-corrected chi connectivity index (χ0v) is 12.4. The standard InChI is InChI=1S/C17H16O5/c1-12-6-8-14(9-7-12)21-11-16(19)22-17-13(10-18)4-3-5-15(17)20-2/h3-10H,11H2,1-2H3. The van der Waals surface area contributed by atoms with Crippen molar-refractivity contribution in [1.82, 2.24) is 0 Å². The molecular formula is C17H16O5. The van der Waals surface area contributed by atoms with Crippen molar-refractivity contribution in [3.8, 4) is 17.2 Å². The monoisotopic (exact) mass is 300 g/mol. The molecule has 5 heteroatoms. The maximum atomic E-state index is 11.9. The predicted molar refractivity (Wildman–Crippen MR) is 80.7 cm³/mol. The summed E-state index contributed by atoms with van der Waals surface area (Å²) >= 11 is 0. The molecular weight excluding hydrogens is 284 g/mol. The lowest BCUT2D eigenvalue weighted by Gasteiger charge is -2.11. The van der Waals surface area contributed by atoms with Gasteiger partial charge in [-0.3, -0.25) is 4.79 Å². The number of hydrogen-bond acceptors (Lipinski definition) is 5. The molecule has 5 nitrogen and oxygen atoms in total. The Kier molecular flexibility index (Phi) is 5.14. The number of para-hydroxylation sites is 1. The van der Waals surface area contributed by atoms with Crippen LogP contribution in [0, 0.1) is 6.92 Å². The molecule has 0 aromatic heterocycles. The van der Waals surface area contributed by atoms with Crippen LogP contribution in [0.2, 0.25) is 0 Å². The van der Waals surface area contributed by atoms with Gasteiger partial charge in [-0.15, -0.1) is 0 Å². The lowest BCUT2D eigenvalue weighted by molar-refractivity contribution is -0.136. The average molecular weight is 300 g/mol. The lowest BCUT2D eigenvalue weighted by Crippen LogP contribution is -2.18. The lowest BCUT2D eigenvalue weighted by atomic mass is 10.2. The van der Waals surface area contributed by atoms with E-state index in [-0.39, 0.29) is 17.9 Å². The van der Waals surface area contributed by atoms with Crippen LogP contribution in [0.5, 0.6) is 17.2 Å². The van der Waals surface area contributed by atoms with Crippen molar-refractivity contribution in [3.05, 3.63) is 53.6 Å². The van der Waals surface area contributed by atoms with Gasteiger partial charge in [0.05, 0.1) is 12.7 Å². The van der Waals surface area contributed by atoms with Crippen LogP contribution in [0.25, 0.3) is 0 Å². The Morgan fingerprint density at radius 2 is 1.86 bits per heavy atom. The van der Waals surface area contributed by atoms with Gasteiger partial charge in [0.1, 0.15) is 5.75 Å². The number of benzene rings is 2. The van der Waals surface area contributed by atoms with Gasteiger partial charge in [-0.1, -0.05) is 23.8 Å². The first-order chi connectivity index (χ1) is 10.6. The maximum Gasteiger partial charge on any atom is 0.349 e. The molecule has 0 atom stereocenters. The number of methoxy groups -OCH3 is 1. The first kappa shape index (κ1) is 15.6. The molecule has 0 saturated carbocycles. The van der Waals surface area contributed by atoms with E-state index in [1.807, 2.05) is 19.1 Å². The Labute approximate surface area is 128 Å². The van der Waals surface area contributed by atoms with E-state index >= 15 is 0 Å². The highest BCUT2D eigenvalue weighted by Crippen LogP contribution is 2.30. The third kappa shape index (κ3) is 3.85. The second-order valence-electron chi connectivity index (χ2n) is 4.57. The first-order valence-corrected chi connectivity index (χ1v) is 6.66. The number of carbonyl (C=O) groups is 2. The molecule has 2 aromatic carbocycles. The van der Waals surface area contributed by atoms with Crippen LogP contribution in [0.15, 0.2) is 42.5 Å². The topological polar surface area (TPSA) is 61.8 Å². The number of hydrogen-bond donors (Lipinski definition) is 0. The van der Waals surface area contributed by atoms with E-state index in [9.17, 15) is 9.59 Å². The van der Waals surface area contributed by atoms with E-state index in [0.29, 0.717) is 17.8 Å². The molecule has 0 amide bonds. The Morgan fingerprint density at radius 3 is 2.50 bits per heavy atom. The van der Waals surface area contributed by atoms with E-state index in [0.717, 1.165) is 5.56 Å². The molecule has 0 aliphatic heterocycles. The summed E-state index contributed by atoms with van der Waals surface area (Å²) in [5, 5.41) is 0. The highest BCUT2D eigenvalue weighted by Gasteiger charge is 2.15. The van der Waals surface area contributed by atoms with E-state index in [1.165, 1.54) is 7.11 Å². The summed E-state index contributed by atoms with van der Waals surface area (Å²) in [4.78, 5) is 22.9. The quantitative estimate of drug-likeness (QED) is 0.466. The molecule has 0 spiro atoms. The van der Waals surface area contributed by atoms with Crippen molar-refractivity contribution in [2.45, 2.75) is 6.92 Å². The summed E-state index contributed by atoms with van der Waals surface area (Å²) in [6.07, 6.45) is 0.603. The summed E-state index contributed by atoms with van der Waals surface area (Å²) in [7, 11) is 1.43. The molecule has 2 rings (SSSR count). The van der Waals surface area contributed by atoms with Crippen LogP contribution >= 0.6 is 0 Å². The van der Waals surface area contributed by atoms with Gasteiger partial charge in [-0.2, -0.15) is 0 Å². The number of esters is 1. The molecule has 0 aliphatic rings. The van der Waals surface area contributed by atoms with Crippen molar-refractivity contribution in [1.29, 1.82) is 0 Å². The van der Waals surface area contributed by atoms with Gasteiger partial charge in [0.2, 0.25) is 0 Å². The number of aryl methyl sites for hydroxylation is 1. The highest BCUT2D eigenvalue weighted by molar-refractivity contribution is 5.84. The molecule has 114 valence electrons. The van der Waals surface area contributed by atoms with E-state index < -0.39 is 5.97 Å². The highest BCUT2D eigenvalue weighted by atomic mass is 16.6. The Bertz CT molecular complexity index is 661. The fourth-order valence-electron chi connectivity index (χ4n) is 1.82. The number of ether oxygens (including phenoxy) is 3. The zero-order chi connectivity index (χ0) is 15.9.